The zero-order valence-corrected chi connectivity index (χ0v) is 22.1. The number of rotatable bonds is 9. The smallest absolute Gasteiger partial charge is 0.431 e. The Kier molecular flexibility index (Phi) is 9.83. The van der Waals surface area contributed by atoms with Crippen molar-refractivity contribution in [1.29, 1.82) is 0 Å². The van der Waals surface area contributed by atoms with Gasteiger partial charge < -0.3 is 9.47 Å². The molecule has 2 saturated carbocycles. The van der Waals surface area contributed by atoms with Crippen molar-refractivity contribution in [2.45, 2.75) is 109 Å². The van der Waals surface area contributed by atoms with E-state index in [0.717, 1.165) is 61.5 Å². The molecule has 0 atom stereocenters. The molecular weight excluding hydrogens is 451 g/mol. The number of carbonyl (C=O) groups is 1. The number of hydrogen-bond donors (Lipinski definition) is 0. The van der Waals surface area contributed by atoms with Crippen LogP contribution in [0, 0.1) is 17.7 Å². The van der Waals surface area contributed by atoms with Crippen LogP contribution in [0.5, 0.6) is 5.75 Å². The molecule has 2 aliphatic carbocycles. The lowest BCUT2D eigenvalue weighted by molar-refractivity contribution is 0.0330. The van der Waals surface area contributed by atoms with Crippen LogP contribution in [-0.2, 0) is 4.74 Å². The highest BCUT2D eigenvalue weighted by Crippen LogP contribution is 2.39. The molecule has 2 aromatic carbocycles. The summed E-state index contributed by atoms with van der Waals surface area (Å²) in [4.78, 5) is 12.3. The van der Waals surface area contributed by atoms with Crippen LogP contribution in [0.1, 0.15) is 109 Å². The van der Waals surface area contributed by atoms with Gasteiger partial charge in [-0.1, -0.05) is 70.2 Å². The number of benzene rings is 2. The van der Waals surface area contributed by atoms with Crippen molar-refractivity contribution in [1.82, 2.24) is 0 Å². The van der Waals surface area contributed by atoms with Crippen LogP contribution in [0.15, 0.2) is 42.5 Å². The van der Waals surface area contributed by atoms with Gasteiger partial charge in [0.2, 0.25) is 0 Å². The fraction of sp³-hybridized carbons (Fsp3) is 0.594. The SMILES string of the molecule is CCCCC1CCC(c2ccc(-c3ccc(OC(=O)OC4CCC(CCC)CC4)cc3)c(F)c2)CC1. The molecule has 2 aromatic rings. The summed E-state index contributed by atoms with van der Waals surface area (Å²) in [7, 11) is 0. The van der Waals surface area contributed by atoms with Gasteiger partial charge >= 0.3 is 6.16 Å². The Balaban J connectivity index is 1.28. The Morgan fingerprint density at radius 3 is 2.14 bits per heavy atom. The normalized spacial score (nSPS) is 24.3. The molecular formula is C32H43FO3. The van der Waals surface area contributed by atoms with E-state index in [1.807, 2.05) is 6.07 Å². The number of carbonyl (C=O) groups excluding carboxylic acids is 1. The van der Waals surface area contributed by atoms with Gasteiger partial charge in [0, 0.05) is 5.56 Å². The fourth-order valence-electron chi connectivity index (χ4n) is 6.20. The molecule has 196 valence electrons. The maximum absolute atomic E-state index is 15.1. The summed E-state index contributed by atoms with van der Waals surface area (Å²) in [6.45, 7) is 4.47. The van der Waals surface area contributed by atoms with Crippen LogP contribution in [0.25, 0.3) is 11.1 Å². The fourth-order valence-corrected chi connectivity index (χ4v) is 6.20. The molecule has 0 aromatic heterocycles. The Morgan fingerprint density at radius 1 is 0.833 bits per heavy atom. The van der Waals surface area contributed by atoms with E-state index in [9.17, 15) is 4.79 Å². The van der Waals surface area contributed by atoms with Crippen molar-refractivity contribution in [3.63, 3.8) is 0 Å². The first-order valence-electron chi connectivity index (χ1n) is 14.3. The van der Waals surface area contributed by atoms with E-state index >= 15 is 4.39 Å². The summed E-state index contributed by atoms with van der Waals surface area (Å²) >= 11 is 0. The lowest BCUT2D eigenvalue weighted by Crippen LogP contribution is -2.26. The molecule has 0 N–H and O–H groups in total. The van der Waals surface area contributed by atoms with Gasteiger partial charge in [0.15, 0.2) is 0 Å². The van der Waals surface area contributed by atoms with E-state index in [0.29, 0.717) is 17.2 Å². The molecule has 0 amide bonds. The minimum absolute atomic E-state index is 0.0520. The first-order chi connectivity index (χ1) is 17.6. The predicted molar refractivity (Wildman–Crippen MR) is 144 cm³/mol. The third-order valence-electron chi connectivity index (χ3n) is 8.40. The van der Waals surface area contributed by atoms with Crippen LogP contribution < -0.4 is 4.74 Å². The lowest BCUT2D eigenvalue weighted by atomic mass is 9.77. The van der Waals surface area contributed by atoms with E-state index in [1.54, 1.807) is 30.3 Å². The van der Waals surface area contributed by atoms with E-state index in [4.69, 9.17) is 9.47 Å². The lowest BCUT2D eigenvalue weighted by Gasteiger charge is -2.29. The highest BCUT2D eigenvalue weighted by atomic mass is 19.1. The van der Waals surface area contributed by atoms with Crippen LogP contribution >= 0.6 is 0 Å². The Morgan fingerprint density at radius 2 is 1.50 bits per heavy atom. The van der Waals surface area contributed by atoms with Crippen molar-refractivity contribution in [2.75, 3.05) is 0 Å². The molecule has 0 radical (unpaired) electrons. The number of ether oxygens (including phenoxy) is 2. The quantitative estimate of drug-likeness (QED) is 0.257. The Bertz CT molecular complexity index is 954. The van der Waals surface area contributed by atoms with E-state index in [1.165, 1.54) is 44.9 Å². The van der Waals surface area contributed by atoms with Gasteiger partial charge in [-0.25, -0.2) is 9.18 Å². The molecule has 3 nitrogen and oxygen atoms in total. The van der Waals surface area contributed by atoms with Gasteiger partial charge in [0.1, 0.15) is 17.7 Å². The number of hydrogen-bond acceptors (Lipinski definition) is 3. The maximum Gasteiger partial charge on any atom is 0.514 e. The summed E-state index contributed by atoms with van der Waals surface area (Å²) in [5.74, 6) is 2.31. The first kappa shape index (κ1) is 26.7. The third-order valence-corrected chi connectivity index (χ3v) is 8.40. The minimum atomic E-state index is -0.651. The van der Waals surface area contributed by atoms with Gasteiger partial charge in [0.25, 0.3) is 0 Å². The molecule has 0 spiro atoms. The summed E-state index contributed by atoms with van der Waals surface area (Å²) in [6.07, 6.45) is 14.6. The molecule has 0 bridgehead atoms. The molecule has 2 aliphatic rings. The summed E-state index contributed by atoms with van der Waals surface area (Å²) in [5, 5.41) is 0. The standard InChI is InChI=1S/C32H43FO3/c1-3-5-7-24-8-12-25(13-9-24)27-16-21-30(31(33)22-27)26-14-19-29(20-15-26)36-32(34)35-28-17-10-23(6-4-2)11-18-28/h14-16,19-25,28H,3-13,17-18H2,1-2H3. The molecule has 0 unspecified atom stereocenters. The van der Waals surface area contributed by atoms with Crippen LogP contribution in [-0.4, -0.2) is 12.3 Å². The monoisotopic (exact) mass is 494 g/mol. The Hall–Kier alpha value is -2.36. The average molecular weight is 495 g/mol. The van der Waals surface area contributed by atoms with Crippen LogP contribution in [0.4, 0.5) is 9.18 Å². The van der Waals surface area contributed by atoms with E-state index in [-0.39, 0.29) is 11.9 Å². The number of unbranched alkanes of at least 4 members (excludes halogenated alkanes) is 1. The maximum atomic E-state index is 15.1. The highest BCUT2D eigenvalue weighted by molar-refractivity contribution is 5.68. The van der Waals surface area contributed by atoms with Gasteiger partial charge in [-0.05, 0) is 98.4 Å². The second kappa shape index (κ2) is 13.3. The average Bonchev–Trinajstić information content (AvgIpc) is 2.89. The van der Waals surface area contributed by atoms with Crippen molar-refractivity contribution < 1.29 is 18.7 Å². The van der Waals surface area contributed by atoms with Crippen molar-refractivity contribution >= 4 is 6.16 Å². The zero-order chi connectivity index (χ0) is 25.3. The largest absolute Gasteiger partial charge is 0.514 e. The van der Waals surface area contributed by atoms with Gasteiger partial charge in [-0.2, -0.15) is 0 Å². The van der Waals surface area contributed by atoms with E-state index in [2.05, 4.69) is 19.9 Å². The molecule has 0 aliphatic heterocycles. The predicted octanol–water partition coefficient (Wildman–Crippen LogP) is 9.83. The zero-order valence-electron chi connectivity index (χ0n) is 22.1. The minimum Gasteiger partial charge on any atom is -0.431 e. The second-order valence-electron chi connectivity index (χ2n) is 11.0. The third kappa shape index (κ3) is 7.33. The van der Waals surface area contributed by atoms with Crippen LogP contribution in [0.3, 0.4) is 0 Å². The van der Waals surface area contributed by atoms with Gasteiger partial charge in [-0.3, -0.25) is 0 Å². The van der Waals surface area contributed by atoms with Crippen molar-refractivity contribution in [3.8, 4) is 16.9 Å². The molecule has 4 heteroatoms. The van der Waals surface area contributed by atoms with Gasteiger partial charge in [0.05, 0.1) is 0 Å². The highest BCUT2D eigenvalue weighted by Gasteiger charge is 2.25. The summed E-state index contributed by atoms with van der Waals surface area (Å²) in [6, 6.07) is 12.7. The Labute approximate surface area is 216 Å². The van der Waals surface area contributed by atoms with Crippen LogP contribution in [0.2, 0.25) is 0 Å². The molecule has 0 saturated heterocycles. The molecule has 0 heterocycles. The van der Waals surface area contributed by atoms with Gasteiger partial charge in [-0.15, -0.1) is 0 Å². The summed E-state index contributed by atoms with van der Waals surface area (Å²) < 4.78 is 26.0. The first-order valence-corrected chi connectivity index (χ1v) is 14.3. The molecule has 36 heavy (non-hydrogen) atoms. The molecule has 2 fully saturated rings. The number of halogens is 1. The van der Waals surface area contributed by atoms with E-state index < -0.39 is 6.16 Å². The molecule has 4 rings (SSSR count). The topological polar surface area (TPSA) is 35.5 Å². The van der Waals surface area contributed by atoms with Crippen molar-refractivity contribution in [3.05, 3.63) is 53.8 Å². The van der Waals surface area contributed by atoms with Crippen molar-refractivity contribution in [2.24, 2.45) is 11.8 Å². The summed E-state index contributed by atoms with van der Waals surface area (Å²) in [5.41, 5.74) is 2.47. The second-order valence-corrected chi connectivity index (χ2v) is 11.0.